The summed E-state index contributed by atoms with van der Waals surface area (Å²) in [7, 11) is 0. The standard InChI is InChI=1S/C52H38N2/c1-35-49(37-19-6-2-7-20-37)53-51(38-21-8-3-9-22-38)54-50(35)48-42-27-15-14-18-36(42)30-32-43(48)39-31-33-45-44-28-16-17-29-46(44)52(47(45)34-39,40-23-10-4-11-24-40)41-25-12-5-13-26-41/h2-35,50H,1H3. The van der Waals surface area contributed by atoms with Gasteiger partial charge < -0.3 is 0 Å². The number of aliphatic imine (C=N–C) groups is 2. The number of hydrogen-bond donors (Lipinski definition) is 0. The highest BCUT2D eigenvalue weighted by molar-refractivity contribution is 6.15. The Hall–Kier alpha value is -6.64. The highest BCUT2D eigenvalue weighted by atomic mass is 15.0. The quantitative estimate of drug-likeness (QED) is 0.166. The van der Waals surface area contributed by atoms with Gasteiger partial charge in [0.2, 0.25) is 0 Å². The fourth-order valence-electron chi connectivity index (χ4n) is 9.09. The van der Waals surface area contributed by atoms with Gasteiger partial charge in [0.25, 0.3) is 0 Å². The molecule has 0 saturated heterocycles. The molecule has 10 rings (SSSR count). The number of rotatable bonds is 6. The first-order valence-corrected chi connectivity index (χ1v) is 18.9. The van der Waals surface area contributed by atoms with Gasteiger partial charge in [0.05, 0.1) is 17.2 Å². The highest BCUT2D eigenvalue weighted by Crippen LogP contribution is 2.57. The van der Waals surface area contributed by atoms with E-state index in [1.165, 1.54) is 60.8 Å². The van der Waals surface area contributed by atoms with Crippen LogP contribution in [0, 0.1) is 5.92 Å². The largest absolute Gasteiger partial charge is 0.257 e. The summed E-state index contributed by atoms with van der Waals surface area (Å²) in [5.41, 5.74) is 14.1. The summed E-state index contributed by atoms with van der Waals surface area (Å²) in [6, 6.07) is 72.5. The van der Waals surface area contributed by atoms with Gasteiger partial charge in [-0.1, -0.05) is 201 Å². The van der Waals surface area contributed by atoms with E-state index in [1.54, 1.807) is 0 Å². The second-order valence-corrected chi connectivity index (χ2v) is 14.5. The molecule has 0 N–H and O–H groups in total. The smallest absolute Gasteiger partial charge is 0.155 e. The van der Waals surface area contributed by atoms with E-state index in [2.05, 4.69) is 207 Å². The van der Waals surface area contributed by atoms with Crippen molar-refractivity contribution in [3.05, 3.63) is 239 Å². The monoisotopic (exact) mass is 690 g/mol. The van der Waals surface area contributed by atoms with E-state index >= 15 is 0 Å². The molecule has 256 valence electrons. The third-order valence-electron chi connectivity index (χ3n) is 11.5. The molecule has 2 atom stereocenters. The fraction of sp³-hybridized carbons (Fsp3) is 0.0769. The molecular weight excluding hydrogens is 653 g/mol. The van der Waals surface area contributed by atoms with Crippen LogP contribution < -0.4 is 0 Å². The van der Waals surface area contributed by atoms with Crippen LogP contribution in [0.4, 0.5) is 0 Å². The lowest BCUT2D eigenvalue weighted by Crippen LogP contribution is -2.28. The van der Waals surface area contributed by atoms with Crippen LogP contribution >= 0.6 is 0 Å². The van der Waals surface area contributed by atoms with Gasteiger partial charge in [0, 0.05) is 11.5 Å². The summed E-state index contributed by atoms with van der Waals surface area (Å²) in [4.78, 5) is 10.9. The van der Waals surface area contributed by atoms with Crippen molar-refractivity contribution >= 4 is 22.3 Å². The number of nitrogens with zero attached hydrogens (tertiary/aromatic N) is 2. The zero-order valence-corrected chi connectivity index (χ0v) is 30.1. The summed E-state index contributed by atoms with van der Waals surface area (Å²) in [6.45, 7) is 2.29. The van der Waals surface area contributed by atoms with Crippen LogP contribution in [0.25, 0.3) is 33.0 Å². The Labute approximate surface area is 316 Å². The second kappa shape index (κ2) is 13.1. The Bertz CT molecular complexity index is 2670. The van der Waals surface area contributed by atoms with Gasteiger partial charge in [0.15, 0.2) is 5.84 Å². The maximum Gasteiger partial charge on any atom is 0.155 e. The summed E-state index contributed by atoms with van der Waals surface area (Å²) >= 11 is 0. The zero-order chi connectivity index (χ0) is 36.1. The van der Waals surface area contributed by atoms with Crippen LogP contribution in [0.5, 0.6) is 0 Å². The Balaban J connectivity index is 1.24. The third-order valence-corrected chi connectivity index (χ3v) is 11.5. The molecule has 1 aliphatic heterocycles. The van der Waals surface area contributed by atoms with Gasteiger partial charge in [-0.25, -0.2) is 4.99 Å². The van der Waals surface area contributed by atoms with Crippen LogP contribution in [0.2, 0.25) is 0 Å². The number of fused-ring (bicyclic) bond motifs is 4. The maximum absolute atomic E-state index is 5.57. The molecule has 8 aromatic rings. The van der Waals surface area contributed by atoms with Gasteiger partial charge in [-0.05, 0) is 72.5 Å². The Morgan fingerprint density at radius 3 is 1.70 bits per heavy atom. The van der Waals surface area contributed by atoms with Crippen molar-refractivity contribution in [1.29, 1.82) is 0 Å². The average molecular weight is 691 g/mol. The van der Waals surface area contributed by atoms with Gasteiger partial charge in [-0.15, -0.1) is 0 Å². The average Bonchev–Trinajstić information content (AvgIpc) is 3.55. The molecule has 0 aromatic heterocycles. The lowest BCUT2D eigenvalue weighted by molar-refractivity contribution is 0.597. The molecule has 0 saturated carbocycles. The van der Waals surface area contributed by atoms with Gasteiger partial charge in [0.1, 0.15) is 0 Å². The van der Waals surface area contributed by atoms with E-state index in [9.17, 15) is 0 Å². The van der Waals surface area contributed by atoms with Crippen molar-refractivity contribution in [3.8, 4) is 22.3 Å². The van der Waals surface area contributed by atoms with Crippen molar-refractivity contribution < 1.29 is 0 Å². The third kappa shape index (κ3) is 5.02. The minimum absolute atomic E-state index is 0.0239. The van der Waals surface area contributed by atoms with Gasteiger partial charge in [-0.2, -0.15) is 0 Å². The van der Waals surface area contributed by atoms with Crippen LogP contribution in [-0.4, -0.2) is 11.5 Å². The molecule has 0 amide bonds. The van der Waals surface area contributed by atoms with Gasteiger partial charge >= 0.3 is 0 Å². The van der Waals surface area contributed by atoms with Crippen LogP contribution in [0.15, 0.2) is 210 Å². The molecule has 2 heteroatoms. The van der Waals surface area contributed by atoms with E-state index in [1.807, 2.05) is 0 Å². The molecule has 0 bridgehead atoms. The van der Waals surface area contributed by atoms with E-state index in [4.69, 9.17) is 9.98 Å². The molecule has 1 heterocycles. The molecule has 2 aliphatic rings. The molecule has 0 fully saturated rings. The minimum atomic E-state index is -0.481. The summed E-state index contributed by atoms with van der Waals surface area (Å²) in [5.74, 6) is 0.795. The minimum Gasteiger partial charge on any atom is -0.257 e. The van der Waals surface area contributed by atoms with Crippen molar-refractivity contribution in [3.63, 3.8) is 0 Å². The molecule has 2 nitrogen and oxygen atoms in total. The first kappa shape index (κ1) is 32.0. The summed E-state index contributed by atoms with van der Waals surface area (Å²) < 4.78 is 0. The molecule has 0 radical (unpaired) electrons. The second-order valence-electron chi connectivity index (χ2n) is 14.5. The van der Waals surface area contributed by atoms with Crippen molar-refractivity contribution in [1.82, 2.24) is 0 Å². The molecule has 0 spiro atoms. The molecular formula is C52H38N2. The van der Waals surface area contributed by atoms with Crippen LogP contribution in [0.1, 0.15) is 51.9 Å². The lowest BCUT2D eigenvalue weighted by atomic mass is 9.67. The van der Waals surface area contributed by atoms with E-state index in [0.717, 1.165) is 22.7 Å². The summed E-state index contributed by atoms with van der Waals surface area (Å²) in [6.07, 6.45) is 0. The zero-order valence-electron chi connectivity index (χ0n) is 30.1. The van der Waals surface area contributed by atoms with Gasteiger partial charge in [-0.3, -0.25) is 4.99 Å². The van der Waals surface area contributed by atoms with Crippen LogP contribution in [-0.2, 0) is 5.41 Å². The maximum atomic E-state index is 5.57. The molecule has 54 heavy (non-hydrogen) atoms. The Kier molecular flexibility index (Phi) is 7.77. The normalized spacial score (nSPS) is 17.0. The first-order chi connectivity index (χ1) is 26.7. The van der Waals surface area contributed by atoms with Crippen molar-refractivity contribution in [2.24, 2.45) is 15.9 Å². The lowest BCUT2D eigenvalue weighted by Gasteiger charge is -2.34. The van der Waals surface area contributed by atoms with Crippen LogP contribution in [0.3, 0.4) is 0 Å². The predicted molar refractivity (Wildman–Crippen MR) is 225 cm³/mol. The number of hydrogen-bond acceptors (Lipinski definition) is 2. The Morgan fingerprint density at radius 2 is 1.00 bits per heavy atom. The predicted octanol–water partition coefficient (Wildman–Crippen LogP) is 12.5. The van der Waals surface area contributed by atoms with E-state index < -0.39 is 5.41 Å². The number of amidine groups is 1. The fourth-order valence-corrected chi connectivity index (χ4v) is 9.09. The SMILES string of the molecule is CC1C(c2ccccc2)=NC(c2ccccc2)=NC1c1c(-c2ccc3c(c2)C(c2ccccc2)(c2ccccc2)c2ccccc2-3)ccc2ccccc12. The van der Waals surface area contributed by atoms with E-state index in [-0.39, 0.29) is 12.0 Å². The molecule has 1 aliphatic carbocycles. The first-order valence-electron chi connectivity index (χ1n) is 18.9. The highest BCUT2D eigenvalue weighted by Gasteiger charge is 2.46. The topological polar surface area (TPSA) is 24.7 Å². The Morgan fingerprint density at radius 1 is 0.444 bits per heavy atom. The van der Waals surface area contributed by atoms with Crippen molar-refractivity contribution in [2.45, 2.75) is 18.4 Å². The number of benzene rings is 8. The summed E-state index contributed by atoms with van der Waals surface area (Å²) in [5, 5.41) is 2.43. The molecule has 2 unspecified atom stereocenters. The van der Waals surface area contributed by atoms with E-state index in [0.29, 0.717) is 0 Å². The van der Waals surface area contributed by atoms with Crippen molar-refractivity contribution in [2.75, 3.05) is 0 Å². The molecule has 8 aromatic carbocycles.